The maximum atomic E-state index is 3.81. The van der Waals surface area contributed by atoms with Crippen molar-refractivity contribution in [3.05, 3.63) is 41.7 Å². The number of hydrogen-bond donors (Lipinski definition) is 0. The Kier molecular flexibility index (Phi) is 2.53. The van der Waals surface area contributed by atoms with Gasteiger partial charge in [-0.15, -0.1) is 5.10 Å². The molecule has 1 heterocycles. The van der Waals surface area contributed by atoms with Gasteiger partial charge in [-0.25, -0.2) is 4.68 Å². The summed E-state index contributed by atoms with van der Waals surface area (Å²) >= 11 is 0. The SMILES string of the molecule is CCc1ccc(Cn2cnnn2)cc1. The Hall–Kier alpha value is -1.71. The van der Waals surface area contributed by atoms with Crippen LogP contribution in [0.5, 0.6) is 0 Å². The summed E-state index contributed by atoms with van der Waals surface area (Å²) in [6.07, 6.45) is 2.69. The van der Waals surface area contributed by atoms with E-state index in [2.05, 4.69) is 46.7 Å². The van der Waals surface area contributed by atoms with Crippen molar-refractivity contribution in [1.82, 2.24) is 20.2 Å². The van der Waals surface area contributed by atoms with Gasteiger partial charge in [0.1, 0.15) is 6.33 Å². The van der Waals surface area contributed by atoms with Gasteiger partial charge in [0, 0.05) is 0 Å². The van der Waals surface area contributed by atoms with Crippen molar-refractivity contribution in [3.8, 4) is 0 Å². The molecule has 1 aromatic heterocycles. The minimum absolute atomic E-state index is 0.733. The van der Waals surface area contributed by atoms with Gasteiger partial charge in [-0.05, 0) is 28.0 Å². The van der Waals surface area contributed by atoms with Crippen molar-refractivity contribution in [2.45, 2.75) is 19.9 Å². The van der Waals surface area contributed by atoms with Crippen molar-refractivity contribution >= 4 is 0 Å². The lowest BCUT2D eigenvalue weighted by Gasteiger charge is -2.01. The highest BCUT2D eigenvalue weighted by Crippen LogP contribution is 2.05. The fraction of sp³-hybridized carbons (Fsp3) is 0.300. The van der Waals surface area contributed by atoms with Crippen molar-refractivity contribution in [2.24, 2.45) is 0 Å². The zero-order chi connectivity index (χ0) is 9.80. The standard InChI is InChI=1S/C10H12N4/c1-2-9-3-5-10(6-4-9)7-14-8-11-12-13-14/h3-6,8H,2,7H2,1H3. The minimum atomic E-state index is 0.733. The third kappa shape index (κ3) is 1.96. The molecule has 0 saturated carbocycles. The Morgan fingerprint density at radius 3 is 2.43 bits per heavy atom. The van der Waals surface area contributed by atoms with E-state index in [-0.39, 0.29) is 0 Å². The van der Waals surface area contributed by atoms with Crippen LogP contribution in [0.1, 0.15) is 18.1 Å². The van der Waals surface area contributed by atoms with E-state index in [4.69, 9.17) is 0 Å². The summed E-state index contributed by atoms with van der Waals surface area (Å²) < 4.78 is 1.71. The van der Waals surface area contributed by atoms with Crippen LogP contribution in [0.25, 0.3) is 0 Å². The van der Waals surface area contributed by atoms with Crippen molar-refractivity contribution in [2.75, 3.05) is 0 Å². The summed E-state index contributed by atoms with van der Waals surface area (Å²) in [6.45, 7) is 2.88. The molecule has 0 bridgehead atoms. The Balaban J connectivity index is 2.10. The molecule has 0 radical (unpaired) electrons. The fourth-order valence-corrected chi connectivity index (χ4v) is 1.32. The molecule has 14 heavy (non-hydrogen) atoms. The Labute approximate surface area is 82.6 Å². The number of hydrogen-bond acceptors (Lipinski definition) is 3. The molecule has 0 aliphatic rings. The number of benzene rings is 1. The van der Waals surface area contributed by atoms with Gasteiger partial charge >= 0.3 is 0 Å². The van der Waals surface area contributed by atoms with E-state index in [1.165, 1.54) is 11.1 Å². The highest BCUT2D eigenvalue weighted by atomic mass is 15.5. The molecular formula is C10H12N4. The molecular weight excluding hydrogens is 176 g/mol. The molecule has 4 heteroatoms. The summed E-state index contributed by atoms with van der Waals surface area (Å²) in [4.78, 5) is 0. The topological polar surface area (TPSA) is 43.6 Å². The van der Waals surface area contributed by atoms with Gasteiger partial charge < -0.3 is 0 Å². The van der Waals surface area contributed by atoms with E-state index in [9.17, 15) is 0 Å². The third-order valence-corrected chi connectivity index (χ3v) is 2.17. The second-order valence-electron chi connectivity index (χ2n) is 3.18. The lowest BCUT2D eigenvalue weighted by molar-refractivity contribution is 0.648. The number of nitrogens with zero attached hydrogens (tertiary/aromatic N) is 4. The lowest BCUT2D eigenvalue weighted by Crippen LogP contribution is -2.00. The summed E-state index contributed by atoms with van der Waals surface area (Å²) in [6, 6.07) is 8.50. The number of aromatic nitrogens is 4. The zero-order valence-electron chi connectivity index (χ0n) is 8.09. The maximum Gasteiger partial charge on any atom is 0.138 e. The first-order valence-corrected chi connectivity index (χ1v) is 4.67. The van der Waals surface area contributed by atoms with Crippen LogP contribution in [0.15, 0.2) is 30.6 Å². The van der Waals surface area contributed by atoms with Gasteiger partial charge in [0.2, 0.25) is 0 Å². The fourth-order valence-electron chi connectivity index (χ4n) is 1.32. The monoisotopic (exact) mass is 188 g/mol. The third-order valence-electron chi connectivity index (χ3n) is 2.17. The van der Waals surface area contributed by atoms with Crippen molar-refractivity contribution < 1.29 is 0 Å². The first-order valence-electron chi connectivity index (χ1n) is 4.67. The largest absolute Gasteiger partial charge is 0.228 e. The predicted molar refractivity (Wildman–Crippen MR) is 52.7 cm³/mol. The van der Waals surface area contributed by atoms with Gasteiger partial charge in [0.05, 0.1) is 6.54 Å². The molecule has 4 nitrogen and oxygen atoms in total. The molecule has 1 aromatic carbocycles. The van der Waals surface area contributed by atoms with Gasteiger partial charge in [-0.1, -0.05) is 31.2 Å². The minimum Gasteiger partial charge on any atom is -0.228 e. The van der Waals surface area contributed by atoms with Crippen LogP contribution in [0.3, 0.4) is 0 Å². The van der Waals surface area contributed by atoms with Crippen LogP contribution in [-0.4, -0.2) is 20.2 Å². The molecule has 0 amide bonds. The smallest absolute Gasteiger partial charge is 0.138 e. The molecule has 0 atom stereocenters. The molecule has 0 aliphatic heterocycles. The molecule has 72 valence electrons. The van der Waals surface area contributed by atoms with E-state index >= 15 is 0 Å². The first-order chi connectivity index (χ1) is 6.88. The summed E-state index contributed by atoms with van der Waals surface area (Å²) in [7, 11) is 0. The molecule has 0 saturated heterocycles. The van der Waals surface area contributed by atoms with Crippen molar-refractivity contribution in [1.29, 1.82) is 0 Å². The molecule has 0 fully saturated rings. The molecule has 0 aliphatic carbocycles. The molecule has 2 rings (SSSR count). The van der Waals surface area contributed by atoms with Crippen LogP contribution in [0.2, 0.25) is 0 Å². The van der Waals surface area contributed by atoms with E-state index in [1.807, 2.05) is 0 Å². The number of tetrazole rings is 1. The van der Waals surface area contributed by atoms with Crippen molar-refractivity contribution in [3.63, 3.8) is 0 Å². The van der Waals surface area contributed by atoms with Crippen LogP contribution in [-0.2, 0) is 13.0 Å². The van der Waals surface area contributed by atoms with Crippen LogP contribution < -0.4 is 0 Å². The quantitative estimate of drug-likeness (QED) is 0.728. The van der Waals surface area contributed by atoms with E-state index in [1.54, 1.807) is 11.0 Å². The van der Waals surface area contributed by atoms with E-state index < -0.39 is 0 Å². The van der Waals surface area contributed by atoms with Gasteiger partial charge in [0.25, 0.3) is 0 Å². The highest BCUT2D eigenvalue weighted by molar-refractivity contribution is 5.22. The van der Waals surface area contributed by atoms with Gasteiger partial charge in [-0.2, -0.15) is 0 Å². The predicted octanol–water partition coefficient (Wildman–Crippen LogP) is 1.28. The normalized spacial score (nSPS) is 10.4. The van der Waals surface area contributed by atoms with E-state index in [0.29, 0.717) is 0 Å². The number of aryl methyl sites for hydroxylation is 1. The zero-order valence-corrected chi connectivity index (χ0v) is 8.09. The maximum absolute atomic E-state index is 3.81. The Morgan fingerprint density at radius 1 is 1.14 bits per heavy atom. The summed E-state index contributed by atoms with van der Waals surface area (Å²) in [5.74, 6) is 0. The Bertz CT molecular complexity index is 377. The summed E-state index contributed by atoms with van der Waals surface area (Å²) in [5.41, 5.74) is 2.57. The first kappa shape index (κ1) is 8.87. The van der Waals surface area contributed by atoms with Crippen LogP contribution in [0, 0.1) is 0 Å². The second kappa shape index (κ2) is 4.00. The van der Waals surface area contributed by atoms with Crippen LogP contribution in [0.4, 0.5) is 0 Å². The second-order valence-corrected chi connectivity index (χ2v) is 3.18. The molecule has 2 aromatic rings. The lowest BCUT2D eigenvalue weighted by atomic mass is 10.1. The Morgan fingerprint density at radius 2 is 1.86 bits per heavy atom. The average Bonchev–Trinajstić information content (AvgIpc) is 2.72. The molecule has 0 unspecified atom stereocenters. The average molecular weight is 188 g/mol. The van der Waals surface area contributed by atoms with Crippen LogP contribution >= 0.6 is 0 Å². The highest BCUT2D eigenvalue weighted by Gasteiger charge is 1.96. The van der Waals surface area contributed by atoms with Gasteiger partial charge in [-0.3, -0.25) is 0 Å². The number of rotatable bonds is 3. The van der Waals surface area contributed by atoms with E-state index in [0.717, 1.165) is 13.0 Å². The molecule has 0 N–H and O–H groups in total. The molecule has 0 spiro atoms. The van der Waals surface area contributed by atoms with Gasteiger partial charge in [0.15, 0.2) is 0 Å². The summed E-state index contributed by atoms with van der Waals surface area (Å²) in [5, 5.41) is 11.0.